The minimum Gasteiger partial charge on any atom is -0.486 e. The number of aryl methyl sites for hydroxylation is 1. The highest BCUT2D eigenvalue weighted by molar-refractivity contribution is 8.18. The third-order valence-electron chi connectivity index (χ3n) is 6.35. The summed E-state index contributed by atoms with van der Waals surface area (Å²) in [7, 11) is 0. The largest absolute Gasteiger partial charge is 0.486 e. The summed E-state index contributed by atoms with van der Waals surface area (Å²) in [6, 6.07) is 13.9. The monoisotopic (exact) mass is 493 g/mol. The van der Waals surface area contributed by atoms with Crippen molar-refractivity contribution in [2.45, 2.75) is 13.3 Å². The fourth-order valence-corrected chi connectivity index (χ4v) is 5.19. The first-order valence-electron chi connectivity index (χ1n) is 11.8. The topological polar surface area (TPSA) is 79.4 Å². The molecule has 5 rings (SSSR count). The summed E-state index contributed by atoms with van der Waals surface area (Å²) in [5, 5.41) is -0.557. The van der Waals surface area contributed by atoms with Gasteiger partial charge in [-0.1, -0.05) is 25.1 Å². The summed E-state index contributed by atoms with van der Waals surface area (Å²) in [6.45, 7) is 6.06. The number of imide groups is 3. The van der Waals surface area contributed by atoms with E-state index in [1.54, 1.807) is 24.3 Å². The number of thioether (sulfide) groups is 1. The van der Waals surface area contributed by atoms with Crippen LogP contribution in [0.2, 0.25) is 0 Å². The van der Waals surface area contributed by atoms with Crippen molar-refractivity contribution in [2.75, 3.05) is 50.8 Å². The molecule has 0 radical (unpaired) electrons. The van der Waals surface area contributed by atoms with Crippen molar-refractivity contribution in [2.24, 2.45) is 0 Å². The van der Waals surface area contributed by atoms with E-state index in [0.717, 1.165) is 36.2 Å². The molecule has 182 valence electrons. The zero-order valence-corrected chi connectivity index (χ0v) is 20.4. The van der Waals surface area contributed by atoms with Crippen LogP contribution in [-0.4, -0.2) is 72.8 Å². The minimum atomic E-state index is -0.575. The lowest BCUT2D eigenvalue weighted by molar-refractivity contribution is -0.138. The Balaban J connectivity index is 1.19. The highest BCUT2D eigenvalue weighted by Gasteiger charge is 2.40. The summed E-state index contributed by atoms with van der Waals surface area (Å²) in [5.74, 6) is 0.184. The Labute approximate surface area is 208 Å². The van der Waals surface area contributed by atoms with Crippen LogP contribution in [0.1, 0.15) is 18.1 Å². The van der Waals surface area contributed by atoms with Gasteiger partial charge in [-0.3, -0.25) is 19.3 Å². The SMILES string of the molecule is CCc1ccc(N2CCN(CC(=O)N3C(=O)S/C(=C\c4ccc5c(c4)OCCO5)C3=O)CC2)cc1. The lowest BCUT2D eigenvalue weighted by atomic mass is 10.1. The lowest BCUT2D eigenvalue weighted by Gasteiger charge is -2.36. The number of anilines is 1. The van der Waals surface area contributed by atoms with E-state index in [4.69, 9.17) is 9.47 Å². The van der Waals surface area contributed by atoms with Gasteiger partial charge in [0.05, 0.1) is 11.4 Å². The van der Waals surface area contributed by atoms with Gasteiger partial charge in [-0.2, -0.15) is 0 Å². The van der Waals surface area contributed by atoms with Crippen molar-refractivity contribution in [3.8, 4) is 11.5 Å². The van der Waals surface area contributed by atoms with Crippen LogP contribution >= 0.6 is 11.8 Å². The molecular weight excluding hydrogens is 466 g/mol. The van der Waals surface area contributed by atoms with E-state index in [0.29, 0.717) is 43.4 Å². The maximum Gasteiger partial charge on any atom is 0.300 e. The van der Waals surface area contributed by atoms with Gasteiger partial charge in [0.2, 0.25) is 0 Å². The van der Waals surface area contributed by atoms with E-state index in [1.165, 1.54) is 11.3 Å². The van der Waals surface area contributed by atoms with Gasteiger partial charge >= 0.3 is 0 Å². The normalized spacial score (nSPS) is 19.5. The number of amides is 3. The minimum absolute atomic E-state index is 0.0396. The predicted octanol–water partition coefficient (Wildman–Crippen LogP) is 3.41. The van der Waals surface area contributed by atoms with Crippen LogP contribution in [-0.2, 0) is 16.0 Å². The van der Waals surface area contributed by atoms with Gasteiger partial charge in [0.1, 0.15) is 13.2 Å². The molecule has 0 N–H and O–H groups in total. The Morgan fingerprint density at radius 2 is 1.69 bits per heavy atom. The second-order valence-corrected chi connectivity index (χ2v) is 9.59. The number of ether oxygens (including phenoxy) is 2. The summed E-state index contributed by atoms with van der Waals surface area (Å²) in [5.41, 5.74) is 3.18. The van der Waals surface area contributed by atoms with Crippen LogP contribution in [0.4, 0.5) is 10.5 Å². The number of fused-ring (bicyclic) bond motifs is 1. The number of carbonyl (C=O) groups excluding carboxylic acids is 3. The first kappa shape index (κ1) is 23.4. The molecule has 3 aliphatic heterocycles. The molecule has 3 aliphatic rings. The first-order valence-corrected chi connectivity index (χ1v) is 12.6. The molecule has 0 bridgehead atoms. The van der Waals surface area contributed by atoms with E-state index in [1.807, 2.05) is 4.90 Å². The Morgan fingerprint density at radius 3 is 2.40 bits per heavy atom. The zero-order valence-electron chi connectivity index (χ0n) is 19.6. The van der Waals surface area contributed by atoms with Gasteiger partial charge in [-0.25, -0.2) is 4.90 Å². The van der Waals surface area contributed by atoms with Crippen LogP contribution < -0.4 is 14.4 Å². The summed E-state index contributed by atoms with van der Waals surface area (Å²) >= 11 is 0.784. The summed E-state index contributed by atoms with van der Waals surface area (Å²) in [6.07, 6.45) is 2.62. The molecule has 2 fully saturated rings. The number of nitrogens with zero attached hydrogens (tertiary/aromatic N) is 3. The number of piperazine rings is 1. The molecule has 2 saturated heterocycles. The quantitative estimate of drug-likeness (QED) is 0.587. The molecular formula is C26H27N3O5S. The van der Waals surface area contributed by atoms with E-state index in [2.05, 4.69) is 36.1 Å². The molecule has 0 aliphatic carbocycles. The highest BCUT2D eigenvalue weighted by Crippen LogP contribution is 2.35. The maximum absolute atomic E-state index is 12.9. The molecule has 3 amide bonds. The van der Waals surface area contributed by atoms with Crippen molar-refractivity contribution in [1.82, 2.24) is 9.80 Å². The standard InChI is InChI=1S/C26H27N3O5S/c1-2-18-3-6-20(7-4-18)28-11-9-27(10-12-28)17-24(30)29-25(31)23(35-26(29)32)16-19-5-8-21-22(15-19)34-14-13-33-21/h3-8,15-16H,2,9-14,17H2,1H3/b23-16-. The van der Waals surface area contributed by atoms with Gasteiger partial charge in [0.15, 0.2) is 11.5 Å². The smallest absolute Gasteiger partial charge is 0.300 e. The van der Waals surface area contributed by atoms with Crippen molar-refractivity contribution in [3.63, 3.8) is 0 Å². The summed E-state index contributed by atoms with van der Waals surface area (Å²) in [4.78, 5) is 43.6. The van der Waals surface area contributed by atoms with Crippen LogP contribution in [0.25, 0.3) is 6.08 Å². The van der Waals surface area contributed by atoms with E-state index in [9.17, 15) is 14.4 Å². The van der Waals surface area contributed by atoms with Crippen molar-refractivity contribution >= 4 is 40.6 Å². The summed E-state index contributed by atoms with van der Waals surface area (Å²) < 4.78 is 11.1. The Bertz CT molecular complexity index is 1170. The van der Waals surface area contributed by atoms with Crippen LogP contribution in [0.3, 0.4) is 0 Å². The number of rotatable bonds is 5. The Morgan fingerprint density at radius 1 is 0.971 bits per heavy atom. The molecule has 0 unspecified atom stereocenters. The number of hydrogen-bond acceptors (Lipinski definition) is 8. The molecule has 0 aromatic heterocycles. The highest BCUT2D eigenvalue weighted by atomic mass is 32.2. The Hall–Kier alpha value is -3.30. The molecule has 0 saturated carbocycles. The molecule has 0 spiro atoms. The van der Waals surface area contributed by atoms with Crippen LogP contribution in [0, 0.1) is 0 Å². The third-order valence-corrected chi connectivity index (χ3v) is 7.22. The molecule has 8 nitrogen and oxygen atoms in total. The first-order chi connectivity index (χ1) is 17.0. The number of hydrogen-bond donors (Lipinski definition) is 0. The van der Waals surface area contributed by atoms with Crippen molar-refractivity contribution < 1.29 is 23.9 Å². The van der Waals surface area contributed by atoms with Gasteiger partial charge < -0.3 is 14.4 Å². The van der Waals surface area contributed by atoms with E-state index < -0.39 is 17.1 Å². The molecule has 0 atom stereocenters. The van der Waals surface area contributed by atoms with Crippen molar-refractivity contribution in [3.05, 3.63) is 58.5 Å². The molecule has 2 aromatic carbocycles. The van der Waals surface area contributed by atoms with Gasteiger partial charge in [-0.15, -0.1) is 0 Å². The maximum atomic E-state index is 12.9. The fraction of sp³-hybridized carbons (Fsp3) is 0.346. The van der Waals surface area contributed by atoms with Crippen LogP contribution in [0.5, 0.6) is 11.5 Å². The zero-order chi connectivity index (χ0) is 24.4. The van der Waals surface area contributed by atoms with Gasteiger partial charge in [0.25, 0.3) is 17.1 Å². The number of carbonyl (C=O) groups is 3. The third kappa shape index (κ3) is 5.06. The average Bonchev–Trinajstić information content (AvgIpc) is 3.16. The van der Waals surface area contributed by atoms with E-state index >= 15 is 0 Å². The van der Waals surface area contributed by atoms with Crippen LogP contribution in [0.15, 0.2) is 47.4 Å². The predicted molar refractivity (Wildman–Crippen MR) is 135 cm³/mol. The average molecular weight is 494 g/mol. The molecule has 3 heterocycles. The molecule has 9 heteroatoms. The van der Waals surface area contributed by atoms with Gasteiger partial charge in [-0.05, 0) is 59.7 Å². The Kier molecular flexibility index (Phi) is 6.79. The number of benzene rings is 2. The second-order valence-electron chi connectivity index (χ2n) is 8.60. The lowest BCUT2D eigenvalue weighted by Crippen LogP contribution is -2.50. The van der Waals surface area contributed by atoms with Gasteiger partial charge in [0, 0.05) is 31.9 Å². The van der Waals surface area contributed by atoms with Crippen molar-refractivity contribution in [1.29, 1.82) is 0 Å². The fourth-order valence-electron chi connectivity index (χ4n) is 4.35. The van der Waals surface area contributed by atoms with E-state index in [-0.39, 0.29) is 11.4 Å². The molecule has 2 aromatic rings. The molecule has 35 heavy (non-hydrogen) atoms. The second kappa shape index (κ2) is 10.1.